The number of imide groups is 2. The van der Waals surface area contributed by atoms with Gasteiger partial charge in [0, 0.05) is 23.6 Å². The van der Waals surface area contributed by atoms with E-state index in [0.717, 1.165) is 4.90 Å². The number of para-hydroxylation sites is 1. The van der Waals surface area contributed by atoms with E-state index in [1.165, 1.54) is 55.5 Å². The number of anilines is 2. The molecule has 0 unspecified atom stereocenters. The fourth-order valence-electron chi connectivity index (χ4n) is 8.39. The van der Waals surface area contributed by atoms with Gasteiger partial charge >= 0.3 is 5.97 Å². The third-order valence-electron chi connectivity index (χ3n) is 10.5. The molecule has 11 heteroatoms. The number of carboxylic acid groups (broad SMARTS) is 1. The molecule has 1 saturated carbocycles. The predicted molar refractivity (Wildman–Crippen MR) is 168 cm³/mol. The molecule has 0 radical (unpaired) electrons. The van der Waals surface area contributed by atoms with Gasteiger partial charge in [-0.25, -0.2) is 9.69 Å². The molecule has 3 aromatic rings. The maximum absolute atomic E-state index is 14.6. The smallest absolute Gasteiger partial charge is 0.335 e. The Bertz CT molecular complexity index is 1880. The number of hydrogen-bond donors (Lipinski definition) is 2. The molecule has 4 amide bonds. The maximum Gasteiger partial charge on any atom is 0.335 e. The van der Waals surface area contributed by atoms with Gasteiger partial charge in [-0.15, -0.1) is 0 Å². The molecule has 2 heterocycles. The van der Waals surface area contributed by atoms with Crippen LogP contribution < -0.4 is 19.3 Å². The van der Waals surface area contributed by atoms with Crippen LogP contribution in [0.2, 0.25) is 0 Å². The molecule has 47 heavy (non-hydrogen) atoms. The van der Waals surface area contributed by atoms with Crippen LogP contribution in [0, 0.1) is 29.1 Å². The molecule has 0 spiro atoms. The Morgan fingerprint density at radius 1 is 0.830 bits per heavy atom. The number of allylic oxidation sites excluding steroid dienone is 2. The van der Waals surface area contributed by atoms with E-state index in [1.54, 1.807) is 37.3 Å². The zero-order valence-electron chi connectivity index (χ0n) is 25.9. The second-order valence-electron chi connectivity index (χ2n) is 12.6. The second-order valence-corrected chi connectivity index (χ2v) is 12.6. The fourth-order valence-corrected chi connectivity index (χ4v) is 8.39. The Kier molecular flexibility index (Phi) is 6.96. The first-order chi connectivity index (χ1) is 22.5. The molecule has 6 atom stereocenters. The number of aromatic hydroxyl groups is 1. The van der Waals surface area contributed by atoms with Gasteiger partial charge in [0.05, 0.1) is 54.3 Å². The summed E-state index contributed by atoms with van der Waals surface area (Å²) in [6, 6.07) is 17.2. The Balaban J connectivity index is 1.41. The predicted octanol–water partition coefficient (Wildman–Crippen LogP) is 4.54. The van der Waals surface area contributed by atoms with Crippen LogP contribution in [0.4, 0.5) is 11.4 Å². The van der Waals surface area contributed by atoms with Gasteiger partial charge in [-0.05, 0) is 56.0 Å². The molecule has 2 aliphatic carbocycles. The van der Waals surface area contributed by atoms with Crippen LogP contribution in [-0.2, 0) is 19.2 Å². The first-order valence-electron chi connectivity index (χ1n) is 15.3. The van der Waals surface area contributed by atoms with Crippen molar-refractivity contribution in [2.45, 2.75) is 25.7 Å². The molecule has 0 bridgehead atoms. The minimum Gasteiger partial charge on any atom is -0.508 e. The number of phenolic OH excluding ortho intramolecular Hbond substituents is 1. The summed E-state index contributed by atoms with van der Waals surface area (Å²) < 4.78 is 11.5. The van der Waals surface area contributed by atoms with Crippen molar-refractivity contribution in [1.29, 1.82) is 0 Å². The van der Waals surface area contributed by atoms with Crippen molar-refractivity contribution in [3.8, 4) is 17.2 Å². The number of fused-ring (bicyclic) bond motifs is 4. The zero-order valence-corrected chi connectivity index (χ0v) is 25.9. The SMILES string of the molecule is COc1cc(O)cc(OC)c1[C@H]1C2=CC[C@@H]3C(=O)N(c4cccc(C(=O)O)c4)C(=O)[C@@H]3[C@@H]2C[C@H]2C(=O)N(c3ccccc3)C(=O)[C@@]12C. The average Bonchev–Trinajstić information content (AvgIpc) is 3.44. The van der Waals surface area contributed by atoms with Crippen LogP contribution in [0.3, 0.4) is 0 Å². The summed E-state index contributed by atoms with van der Waals surface area (Å²) >= 11 is 0. The van der Waals surface area contributed by atoms with E-state index in [4.69, 9.17) is 9.47 Å². The van der Waals surface area contributed by atoms with E-state index in [0.29, 0.717) is 16.8 Å². The number of amides is 4. The van der Waals surface area contributed by atoms with Crippen molar-refractivity contribution < 1.29 is 43.7 Å². The van der Waals surface area contributed by atoms with Crippen molar-refractivity contribution in [2.24, 2.45) is 29.1 Å². The first kappa shape index (κ1) is 30.2. The quantitative estimate of drug-likeness (QED) is 0.294. The summed E-state index contributed by atoms with van der Waals surface area (Å²) in [4.78, 5) is 71.1. The van der Waals surface area contributed by atoms with E-state index in [2.05, 4.69) is 0 Å². The Morgan fingerprint density at radius 3 is 2.13 bits per heavy atom. The van der Waals surface area contributed by atoms with Crippen molar-refractivity contribution in [1.82, 2.24) is 0 Å². The molecule has 11 nitrogen and oxygen atoms in total. The molecular formula is C36H32N2O9. The average molecular weight is 637 g/mol. The molecule has 2 aliphatic heterocycles. The number of methoxy groups -OCH3 is 2. The van der Waals surface area contributed by atoms with E-state index in [-0.39, 0.29) is 41.3 Å². The summed E-state index contributed by atoms with van der Waals surface area (Å²) in [5, 5.41) is 20.0. The molecule has 3 aromatic carbocycles. The van der Waals surface area contributed by atoms with Crippen LogP contribution in [-0.4, -0.2) is 54.0 Å². The third-order valence-corrected chi connectivity index (χ3v) is 10.5. The summed E-state index contributed by atoms with van der Waals surface area (Å²) in [5.74, 6) is -6.48. The number of ether oxygens (including phenoxy) is 2. The van der Waals surface area contributed by atoms with Gasteiger partial charge < -0.3 is 19.7 Å². The Labute approximate surface area is 270 Å². The van der Waals surface area contributed by atoms with E-state index < -0.39 is 64.6 Å². The number of nitrogens with zero attached hydrogens (tertiary/aromatic N) is 2. The lowest BCUT2D eigenvalue weighted by Gasteiger charge is -2.49. The largest absolute Gasteiger partial charge is 0.508 e. The molecule has 3 fully saturated rings. The third kappa shape index (κ3) is 4.22. The summed E-state index contributed by atoms with van der Waals surface area (Å²) in [6.07, 6.45) is 2.23. The Morgan fingerprint density at radius 2 is 1.49 bits per heavy atom. The summed E-state index contributed by atoms with van der Waals surface area (Å²) in [7, 11) is 2.87. The van der Waals surface area contributed by atoms with Gasteiger partial charge in [0.25, 0.3) is 0 Å². The second kappa shape index (κ2) is 10.8. The van der Waals surface area contributed by atoms with Gasteiger partial charge in [-0.2, -0.15) is 0 Å². The van der Waals surface area contributed by atoms with Gasteiger partial charge in [0.2, 0.25) is 23.6 Å². The molecule has 4 aliphatic rings. The first-order valence-corrected chi connectivity index (χ1v) is 15.3. The molecule has 240 valence electrons. The highest BCUT2D eigenvalue weighted by Gasteiger charge is 2.68. The normalized spacial score (nSPS) is 28.1. The van der Waals surface area contributed by atoms with Crippen molar-refractivity contribution >= 4 is 41.0 Å². The molecule has 2 N–H and O–H groups in total. The number of rotatable bonds is 6. The van der Waals surface area contributed by atoms with Crippen LogP contribution in [0.25, 0.3) is 0 Å². The molecule has 2 saturated heterocycles. The van der Waals surface area contributed by atoms with Crippen molar-refractivity contribution in [3.05, 3.63) is 89.5 Å². The number of carboxylic acids is 1. The number of carbonyl (C=O) groups excluding carboxylic acids is 4. The highest BCUT2D eigenvalue weighted by atomic mass is 16.5. The van der Waals surface area contributed by atoms with Crippen molar-refractivity contribution in [3.63, 3.8) is 0 Å². The fraction of sp³-hybridized carbons (Fsp3) is 0.306. The van der Waals surface area contributed by atoms with Gasteiger partial charge in [-0.3, -0.25) is 24.1 Å². The van der Waals surface area contributed by atoms with Gasteiger partial charge in [-0.1, -0.05) is 35.9 Å². The minimum atomic E-state index is -1.35. The lowest BCUT2D eigenvalue weighted by molar-refractivity contribution is -0.131. The highest BCUT2D eigenvalue weighted by Crippen LogP contribution is 2.65. The molecule has 7 rings (SSSR count). The Hall–Kier alpha value is -5.45. The highest BCUT2D eigenvalue weighted by molar-refractivity contribution is 6.25. The van der Waals surface area contributed by atoms with Crippen LogP contribution >= 0.6 is 0 Å². The summed E-state index contributed by atoms with van der Waals surface area (Å²) in [5.41, 5.74) is 0.346. The number of phenols is 1. The topological polar surface area (TPSA) is 151 Å². The van der Waals surface area contributed by atoms with Gasteiger partial charge in [0.1, 0.15) is 17.2 Å². The van der Waals surface area contributed by atoms with E-state index >= 15 is 0 Å². The van der Waals surface area contributed by atoms with E-state index in [1.807, 2.05) is 6.08 Å². The number of aromatic carboxylic acids is 1. The number of benzene rings is 3. The minimum absolute atomic E-state index is 0.0622. The standard InChI is InChI=1S/C36H32N2O9/c1-36-25(32(41)38(35(36)45)19-9-5-4-6-10-19)17-24-22(30(36)29-26(46-2)15-21(39)16-27(29)47-3)12-13-23-28(24)33(42)37(31(23)40)20-11-7-8-18(14-20)34(43)44/h4-12,14-16,23-25,28,30,39H,13,17H2,1-3H3,(H,43,44)/t23-,24+,25-,28-,30+,36+/m0/s1. The number of hydrogen-bond acceptors (Lipinski definition) is 8. The summed E-state index contributed by atoms with van der Waals surface area (Å²) in [6.45, 7) is 1.76. The van der Waals surface area contributed by atoms with Crippen molar-refractivity contribution in [2.75, 3.05) is 24.0 Å². The lowest BCUT2D eigenvalue weighted by atomic mass is 9.51. The van der Waals surface area contributed by atoms with Crippen LogP contribution in [0.1, 0.15) is 41.6 Å². The van der Waals surface area contributed by atoms with Gasteiger partial charge in [0.15, 0.2) is 0 Å². The van der Waals surface area contributed by atoms with Crippen LogP contribution in [0.5, 0.6) is 17.2 Å². The zero-order chi connectivity index (χ0) is 33.4. The van der Waals surface area contributed by atoms with Crippen LogP contribution in [0.15, 0.2) is 78.4 Å². The molecule has 0 aromatic heterocycles. The monoisotopic (exact) mass is 636 g/mol. The van der Waals surface area contributed by atoms with E-state index in [9.17, 15) is 34.2 Å². The number of carbonyl (C=O) groups is 5. The lowest BCUT2D eigenvalue weighted by Crippen LogP contribution is -2.49. The maximum atomic E-state index is 14.6. The molecular weight excluding hydrogens is 604 g/mol.